The standard InChI is InChI=1S/C16H20N2O3/c1-9(2)12-6-5-10(3)7-14(12)21-8-13-15(16(19)20)11(4)17-18-13/h5-7,9H,8H2,1-4H3,(H,17,18)(H,19,20). The fraction of sp³-hybridized carbons (Fsp3) is 0.375. The van der Waals surface area contributed by atoms with Gasteiger partial charge in [0.1, 0.15) is 23.6 Å². The molecule has 112 valence electrons. The Bertz CT molecular complexity index is 660. The highest BCUT2D eigenvalue weighted by Crippen LogP contribution is 2.28. The third-order valence-electron chi connectivity index (χ3n) is 3.39. The quantitative estimate of drug-likeness (QED) is 0.884. The Kier molecular flexibility index (Phi) is 4.31. The number of carboxylic acid groups (broad SMARTS) is 1. The second-order valence-electron chi connectivity index (χ2n) is 5.46. The van der Waals surface area contributed by atoms with E-state index in [9.17, 15) is 9.90 Å². The van der Waals surface area contributed by atoms with Crippen LogP contribution in [0.3, 0.4) is 0 Å². The van der Waals surface area contributed by atoms with Crippen molar-refractivity contribution in [1.29, 1.82) is 0 Å². The average molecular weight is 288 g/mol. The van der Waals surface area contributed by atoms with Crippen LogP contribution in [0.1, 0.15) is 52.6 Å². The minimum absolute atomic E-state index is 0.134. The molecule has 2 rings (SSSR count). The van der Waals surface area contributed by atoms with Crippen LogP contribution in [0.4, 0.5) is 0 Å². The van der Waals surface area contributed by atoms with Crippen molar-refractivity contribution in [2.75, 3.05) is 0 Å². The number of nitrogens with one attached hydrogen (secondary N) is 1. The topological polar surface area (TPSA) is 75.2 Å². The van der Waals surface area contributed by atoms with Crippen molar-refractivity contribution < 1.29 is 14.6 Å². The number of rotatable bonds is 5. The van der Waals surface area contributed by atoms with Crippen LogP contribution < -0.4 is 4.74 Å². The molecule has 0 atom stereocenters. The second-order valence-corrected chi connectivity index (χ2v) is 5.46. The number of aryl methyl sites for hydroxylation is 2. The fourth-order valence-electron chi connectivity index (χ4n) is 2.26. The molecule has 0 radical (unpaired) electrons. The van der Waals surface area contributed by atoms with Gasteiger partial charge in [0.25, 0.3) is 0 Å². The molecular weight excluding hydrogens is 268 g/mol. The Labute approximate surface area is 124 Å². The van der Waals surface area contributed by atoms with Crippen LogP contribution in [0.15, 0.2) is 18.2 Å². The van der Waals surface area contributed by atoms with Gasteiger partial charge in [0.15, 0.2) is 0 Å². The van der Waals surface area contributed by atoms with E-state index in [1.165, 1.54) is 0 Å². The fourth-order valence-corrected chi connectivity index (χ4v) is 2.26. The number of H-pyrrole nitrogens is 1. The lowest BCUT2D eigenvalue weighted by atomic mass is 10.0. The predicted molar refractivity (Wildman–Crippen MR) is 79.9 cm³/mol. The normalized spacial score (nSPS) is 10.9. The van der Waals surface area contributed by atoms with Gasteiger partial charge in [0.05, 0.1) is 0 Å². The zero-order valence-corrected chi connectivity index (χ0v) is 12.7. The minimum atomic E-state index is -0.992. The number of nitrogens with zero attached hydrogens (tertiary/aromatic N) is 1. The Morgan fingerprint density at radius 2 is 2.10 bits per heavy atom. The minimum Gasteiger partial charge on any atom is -0.487 e. The summed E-state index contributed by atoms with van der Waals surface area (Å²) >= 11 is 0. The van der Waals surface area contributed by atoms with Crippen molar-refractivity contribution in [3.63, 3.8) is 0 Å². The van der Waals surface area contributed by atoms with E-state index in [1.807, 2.05) is 25.1 Å². The molecule has 1 aromatic carbocycles. The smallest absolute Gasteiger partial charge is 0.339 e. The zero-order valence-electron chi connectivity index (χ0n) is 12.7. The highest BCUT2D eigenvalue weighted by atomic mass is 16.5. The molecule has 1 heterocycles. The van der Waals surface area contributed by atoms with Crippen molar-refractivity contribution in [2.45, 2.75) is 40.2 Å². The van der Waals surface area contributed by atoms with Crippen molar-refractivity contribution in [3.8, 4) is 5.75 Å². The van der Waals surface area contributed by atoms with Gasteiger partial charge in [-0.25, -0.2) is 4.79 Å². The van der Waals surface area contributed by atoms with Crippen molar-refractivity contribution >= 4 is 5.97 Å². The molecule has 0 fully saturated rings. The predicted octanol–water partition coefficient (Wildman–Crippen LogP) is 3.43. The first kappa shape index (κ1) is 15.1. The van der Waals surface area contributed by atoms with Gasteiger partial charge in [-0.05, 0) is 37.0 Å². The molecule has 21 heavy (non-hydrogen) atoms. The maximum Gasteiger partial charge on any atom is 0.339 e. The first-order valence-corrected chi connectivity index (χ1v) is 6.90. The summed E-state index contributed by atoms with van der Waals surface area (Å²) in [7, 11) is 0. The third kappa shape index (κ3) is 3.24. The van der Waals surface area contributed by atoms with Gasteiger partial charge in [-0.1, -0.05) is 26.0 Å². The molecule has 0 aliphatic carbocycles. The molecule has 1 aromatic heterocycles. The number of carboxylic acids is 1. The molecular formula is C16H20N2O3. The molecule has 2 N–H and O–H groups in total. The summed E-state index contributed by atoms with van der Waals surface area (Å²) in [5.74, 6) is 0.121. The Morgan fingerprint density at radius 3 is 2.71 bits per heavy atom. The average Bonchev–Trinajstić information content (AvgIpc) is 2.77. The summed E-state index contributed by atoms with van der Waals surface area (Å²) in [4.78, 5) is 11.2. The van der Waals surface area contributed by atoms with Crippen LogP contribution in [-0.4, -0.2) is 21.3 Å². The van der Waals surface area contributed by atoms with Gasteiger partial charge in [0.2, 0.25) is 0 Å². The van der Waals surface area contributed by atoms with E-state index in [0.717, 1.165) is 16.9 Å². The first-order valence-electron chi connectivity index (χ1n) is 6.90. The maximum atomic E-state index is 11.2. The van der Waals surface area contributed by atoms with Crippen LogP contribution in [0.2, 0.25) is 0 Å². The van der Waals surface area contributed by atoms with E-state index in [-0.39, 0.29) is 12.2 Å². The third-order valence-corrected chi connectivity index (χ3v) is 3.39. The van der Waals surface area contributed by atoms with E-state index in [4.69, 9.17) is 4.74 Å². The van der Waals surface area contributed by atoms with Crippen LogP contribution >= 0.6 is 0 Å². The Balaban J connectivity index is 2.25. The zero-order chi connectivity index (χ0) is 15.6. The summed E-state index contributed by atoms with van der Waals surface area (Å²) in [6, 6.07) is 6.06. The monoisotopic (exact) mass is 288 g/mol. The molecule has 0 aliphatic rings. The van der Waals surface area contributed by atoms with E-state index in [0.29, 0.717) is 17.3 Å². The van der Waals surface area contributed by atoms with Crippen LogP contribution in [0, 0.1) is 13.8 Å². The number of carbonyl (C=O) groups is 1. The van der Waals surface area contributed by atoms with Crippen LogP contribution in [0.5, 0.6) is 5.75 Å². The lowest BCUT2D eigenvalue weighted by Crippen LogP contribution is -2.06. The molecule has 0 saturated carbocycles. The number of aromatic amines is 1. The summed E-state index contributed by atoms with van der Waals surface area (Å²) in [5.41, 5.74) is 3.34. The number of aromatic nitrogens is 2. The van der Waals surface area contributed by atoms with Gasteiger partial charge >= 0.3 is 5.97 Å². The van der Waals surface area contributed by atoms with E-state index in [1.54, 1.807) is 6.92 Å². The van der Waals surface area contributed by atoms with E-state index >= 15 is 0 Å². The number of ether oxygens (including phenoxy) is 1. The highest BCUT2D eigenvalue weighted by Gasteiger charge is 2.18. The van der Waals surface area contributed by atoms with Crippen molar-refractivity contribution in [2.24, 2.45) is 0 Å². The molecule has 0 amide bonds. The Morgan fingerprint density at radius 1 is 1.38 bits per heavy atom. The highest BCUT2D eigenvalue weighted by molar-refractivity contribution is 5.90. The lowest BCUT2D eigenvalue weighted by molar-refractivity contribution is 0.0693. The summed E-state index contributed by atoms with van der Waals surface area (Å²) in [6.07, 6.45) is 0. The van der Waals surface area contributed by atoms with E-state index < -0.39 is 5.97 Å². The van der Waals surface area contributed by atoms with Gasteiger partial charge in [-0.3, -0.25) is 5.10 Å². The molecule has 5 nitrogen and oxygen atoms in total. The molecule has 0 unspecified atom stereocenters. The summed E-state index contributed by atoms with van der Waals surface area (Å²) < 4.78 is 5.82. The molecule has 0 spiro atoms. The van der Waals surface area contributed by atoms with Gasteiger partial charge in [0, 0.05) is 5.69 Å². The Hall–Kier alpha value is -2.30. The van der Waals surface area contributed by atoms with Crippen molar-refractivity contribution in [1.82, 2.24) is 10.2 Å². The maximum absolute atomic E-state index is 11.2. The number of hydrogen-bond acceptors (Lipinski definition) is 3. The van der Waals surface area contributed by atoms with Gasteiger partial charge in [-0.15, -0.1) is 0 Å². The number of aromatic carboxylic acids is 1. The molecule has 5 heteroatoms. The first-order chi connectivity index (χ1) is 9.90. The number of hydrogen-bond donors (Lipinski definition) is 2. The molecule has 0 aliphatic heterocycles. The van der Waals surface area contributed by atoms with Crippen LogP contribution in [-0.2, 0) is 6.61 Å². The largest absolute Gasteiger partial charge is 0.487 e. The second kappa shape index (κ2) is 5.99. The summed E-state index contributed by atoms with van der Waals surface area (Å²) in [6.45, 7) is 8.01. The van der Waals surface area contributed by atoms with Gasteiger partial charge in [-0.2, -0.15) is 5.10 Å². The molecule has 0 saturated heterocycles. The number of benzene rings is 1. The molecule has 0 bridgehead atoms. The van der Waals surface area contributed by atoms with Crippen molar-refractivity contribution in [3.05, 3.63) is 46.3 Å². The lowest BCUT2D eigenvalue weighted by Gasteiger charge is -2.14. The van der Waals surface area contributed by atoms with Gasteiger partial charge < -0.3 is 9.84 Å². The van der Waals surface area contributed by atoms with Crippen LogP contribution in [0.25, 0.3) is 0 Å². The SMILES string of the molecule is Cc1ccc(C(C)C)c(OCc2n[nH]c(C)c2C(=O)O)c1. The summed E-state index contributed by atoms with van der Waals surface area (Å²) in [5, 5.41) is 15.9. The molecule has 2 aromatic rings. The van der Waals surface area contributed by atoms with E-state index in [2.05, 4.69) is 24.0 Å².